The van der Waals surface area contributed by atoms with Crippen LogP contribution >= 0.6 is 0 Å². The maximum Gasteiger partial charge on any atom is 0.126 e. The number of nitrogens with zero attached hydrogens (tertiary/aromatic N) is 1. The third-order valence-corrected chi connectivity index (χ3v) is 4.28. The first-order chi connectivity index (χ1) is 10.2. The van der Waals surface area contributed by atoms with Gasteiger partial charge >= 0.3 is 0 Å². The van der Waals surface area contributed by atoms with Gasteiger partial charge in [0.05, 0.1) is 0 Å². The van der Waals surface area contributed by atoms with Gasteiger partial charge in [-0.05, 0) is 48.7 Å². The van der Waals surface area contributed by atoms with E-state index < -0.39 is 0 Å². The maximum atomic E-state index is 13.7. The summed E-state index contributed by atoms with van der Waals surface area (Å²) in [7, 11) is 0. The van der Waals surface area contributed by atoms with E-state index in [2.05, 4.69) is 29.2 Å². The van der Waals surface area contributed by atoms with Gasteiger partial charge in [0.15, 0.2) is 0 Å². The molecule has 0 aromatic heterocycles. The first kappa shape index (κ1) is 14.1. The molecular formula is C18H21FN2. The summed E-state index contributed by atoms with van der Waals surface area (Å²) in [6, 6.07) is 14.0. The van der Waals surface area contributed by atoms with Crippen molar-refractivity contribution in [1.82, 2.24) is 0 Å². The van der Waals surface area contributed by atoms with Gasteiger partial charge in [-0.25, -0.2) is 4.39 Å². The van der Waals surface area contributed by atoms with Crippen molar-refractivity contribution in [1.29, 1.82) is 0 Å². The van der Waals surface area contributed by atoms with Crippen LogP contribution in [0.1, 0.15) is 29.0 Å². The molecule has 1 unspecified atom stereocenters. The largest absolute Gasteiger partial charge is 0.366 e. The van der Waals surface area contributed by atoms with E-state index in [4.69, 9.17) is 5.73 Å². The van der Waals surface area contributed by atoms with E-state index in [0.717, 1.165) is 25.1 Å². The van der Waals surface area contributed by atoms with Crippen LogP contribution in [0.25, 0.3) is 0 Å². The molecular weight excluding hydrogens is 263 g/mol. The first-order valence-electron chi connectivity index (χ1n) is 7.48. The van der Waals surface area contributed by atoms with Crippen molar-refractivity contribution in [3.05, 3.63) is 65.0 Å². The monoisotopic (exact) mass is 284 g/mol. The number of aryl methyl sites for hydroxylation is 1. The molecule has 0 aliphatic carbocycles. The van der Waals surface area contributed by atoms with Gasteiger partial charge in [0.25, 0.3) is 0 Å². The number of hydrogen-bond donors (Lipinski definition) is 1. The van der Waals surface area contributed by atoms with Crippen LogP contribution in [0.2, 0.25) is 0 Å². The van der Waals surface area contributed by atoms with E-state index in [1.807, 2.05) is 12.1 Å². The number of benzene rings is 2. The second kappa shape index (κ2) is 5.86. The van der Waals surface area contributed by atoms with E-state index in [0.29, 0.717) is 18.0 Å². The number of anilines is 1. The average molecular weight is 284 g/mol. The minimum atomic E-state index is -0.126. The van der Waals surface area contributed by atoms with Gasteiger partial charge in [0, 0.05) is 24.7 Å². The minimum absolute atomic E-state index is 0.126. The lowest BCUT2D eigenvalue weighted by atomic mass is 9.98. The highest BCUT2D eigenvalue weighted by molar-refractivity contribution is 5.60. The standard InChI is InChI=1S/C18H21FN2/c1-13-6-7-14(10-17(13)19)11-21-12-15(8-9-20)16-4-2-3-5-18(16)21/h2-7,10,15H,8-9,11-12,20H2,1H3. The lowest BCUT2D eigenvalue weighted by Crippen LogP contribution is -2.22. The molecule has 2 aromatic rings. The average Bonchev–Trinajstić information content (AvgIpc) is 2.82. The predicted octanol–water partition coefficient (Wildman–Crippen LogP) is 3.59. The Bertz CT molecular complexity index is 639. The molecule has 110 valence electrons. The van der Waals surface area contributed by atoms with E-state index in [9.17, 15) is 4.39 Å². The van der Waals surface area contributed by atoms with Gasteiger partial charge < -0.3 is 10.6 Å². The van der Waals surface area contributed by atoms with Crippen LogP contribution in [0.3, 0.4) is 0 Å². The van der Waals surface area contributed by atoms with E-state index in [1.165, 1.54) is 11.3 Å². The highest BCUT2D eigenvalue weighted by Gasteiger charge is 2.27. The van der Waals surface area contributed by atoms with Crippen LogP contribution in [0, 0.1) is 12.7 Å². The summed E-state index contributed by atoms with van der Waals surface area (Å²) >= 11 is 0. The van der Waals surface area contributed by atoms with Crippen LogP contribution in [-0.2, 0) is 6.54 Å². The topological polar surface area (TPSA) is 29.3 Å². The zero-order chi connectivity index (χ0) is 14.8. The second-order valence-electron chi connectivity index (χ2n) is 5.80. The SMILES string of the molecule is Cc1ccc(CN2CC(CCN)c3ccccc32)cc1F. The smallest absolute Gasteiger partial charge is 0.126 e. The number of para-hydroxylation sites is 1. The fourth-order valence-electron chi connectivity index (χ4n) is 3.14. The molecule has 21 heavy (non-hydrogen) atoms. The number of fused-ring (bicyclic) bond motifs is 1. The fraction of sp³-hybridized carbons (Fsp3) is 0.333. The third-order valence-electron chi connectivity index (χ3n) is 4.28. The summed E-state index contributed by atoms with van der Waals surface area (Å²) in [5.74, 6) is 0.361. The Balaban J connectivity index is 1.84. The predicted molar refractivity (Wildman–Crippen MR) is 85.0 cm³/mol. The molecule has 1 aliphatic heterocycles. The van der Waals surface area contributed by atoms with Crippen molar-refractivity contribution in [2.45, 2.75) is 25.8 Å². The highest BCUT2D eigenvalue weighted by atomic mass is 19.1. The molecule has 1 aliphatic rings. The van der Waals surface area contributed by atoms with E-state index in [1.54, 1.807) is 13.0 Å². The third kappa shape index (κ3) is 2.79. The lowest BCUT2D eigenvalue weighted by Gasteiger charge is -2.20. The lowest BCUT2D eigenvalue weighted by molar-refractivity contribution is 0.613. The molecule has 0 spiro atoms. The molecule has 2 N–H and O–H groups in total. The van der Waals surface area contributed by atoms with Crippen LogP contribution in [-0.4, -0.2) is 13.1 Å². The van der Waals surface area contributed by atoms with Crippen LogP contribution in [0.5, 0.6) is 0 Å². The van der Waals surface area contributed by atoms with Gasteiger partial charge in [-0.3, -0.25) is 0 Å². The molecule has 0 saturated carbocycles. The van der Waals surface area contributed by atoms with Crippen LogP contribution in [0.4, 0.5) is 10.1 Å². The van der Waals surface area contributed by atoms with Gasteiger partial charge in [-0.15, -0.1) is 0 Å². The molecule has 0 fully saturated rings. The van der Waals surface area contributed by atoms with Gasteiger partial charge in [-0.1, -0.05) is 30.3 Å². The van der Waals surface area contributed by atoms with Crippen molar-refractivity contribution in [3.63, 3.8) is 0 Å². The fourth-order valence-corrected chi connectivity index (χ4v) is 3.14. The molecule has 3 rings (SSSR count). The van der Waals surface area contributed by atoms with Crippen LogP contribution in [0.15, 0.2) is 42.5 Å². The Morgan fingerprint density at radius 2 is 2.05 bits per heavy atom. The van der Waals surface area contributed by atoms with Crippen LogP contribution < -0.4 is 10.6 Å². The summed E-state index contributed by atoms with van der Waals surface area (Å²) in [4.78, 5) is 2.33. The Kier molecular flexibility index (Phi) is 3.93. The van der Waals surface area contributed by atoms with Gasteiger partial charge in [-0.2, -0.15) is 0 Å². The molecule has 0 bridgehead atoms. The number of rotatable bonds is 4. The second-order valence-corrected chi connectivity index (χ2v) is 5.80. The summed E-state index contributed by atoms with van der Waals surface area (Å²) < 4.78 is 13.7. The Morgan fingerprint density at radius 1 is 1.24 bits per heavy atom. The minimum Gasteiger partial charge on any atom is -0.366 e. The number of hydrogen-bond acceptors (Lipinski definition) is 2. The van der Waals surface area contributed by atoms with Gasteiger partial charge in [0.1, 0.15) is 5.82 Å². The molecule has 2 aromatic carbocycles. The maximum absolute atomic E-state index is 13.7. The molecule has 3 heteroatoms. The van der Waals surface area contributed by atoms with Gasteiger partial charge in [0.2, 0.25) is 0 Å². The molecule has 1 heterocycles. The zero-order valence-corrected chi connectivity index (χ0v) is 12.3. The summed E-state index contributed by atoms with van der Waals surface area (Å²) in [6.07, 6.45) is 0.996. The molecule has 2 nitrogen and oxygen atoms in total. The summed E-state index contributed by atoms with van der Waals surface area (Å²) in [6.45, 7) is 4.20. The Labute approximate surface area is 125 Å². The van der Waals surface area contributed by atoms with Crippen molar-refractivity contribution in [2.24, 2.45) is 5.73 Å². The Hall–Kier alpha value is -1.87. The molecule has 0 amide bonds. The van der Waals surface area contributed by atoms with E-state index >= 15 is 0 Å². The summed E-state index contributed by atoms with van der Waals surface area (Å²) in [5, 5.41) is 0. The van der Waals surface area contributed by atoms with Crippen molar-refractivity contribution >= 4 is 5.69 Å². The summed E-state index contributed by atoms with van der Waals surface area (Å²) in [5.41, 5.74) is 10.1. The number of nitrogens with two attached hydrogens (primary N) is 1. The normalized spacial score (nSPS) is 17.1. The number of halogens is 1. The van der Waals surface area contributed by atoms with Crippen molar-refractivity contribution < 1.29 is 4.39 Å². The molecule has 0 radical (unpaired) electrons. The van der Waals surface area contributed by atoms with Crippen molar-refractivity contribution in [2.75, 3.05) is 18.0 Å². The first-order valence-corrected chi connectivity index (χ1v) is 7.48. The molecule has 1 atom stereocenters. The Morgan fingerprint density at radius 3 is 2.81 bits per heavy atom. The van der Waals surface area contributed by atoms with E-state index in [-0.39, 0.29) is 5.82 Å². The van der Waals surface area contributed by atoms with Crippen molar-refractivity contribution in [3.8, 4) is 0 Å². The zero-order valence-electron chi connectivity index (χ0n) is 12.3. The highest BCUT2D eigenvalue weighted by Crippen LogP contribution is 2.38. The quantitative estimate of drug-likeness (QED) is 0.929. The molecule has 0 saturated heterocycles.